The largest absolute Gasteiger partial charge is 0.492 e. The normalized spacial score (nSPS) is 18.1. The first-order chi connectivity index (χ1) is 16.1. The van der Waals surface area contributed by atoms with Crippen molar-refractivity contribution < 1.29 is 9.53 Å². The van der Waals surface area contributed by atoms with Crippen LogP contribution in [0.15, 0.2) is 48.5 Å². The number of halogens is 1. The summed E-state index contributed by atoms with van der Waals surface area (Å²) in [5.74, 6) is 0.831. The van der Waals surface area contributed by atoms with Crippen molar-refractivity contribution in [2.75, 3.05) is 19.7 Å². The van der Waals surface area contributed by atoms with Crippen LogP contribution in [0.3, 0.4) is 0 Å². The van der Waals surface area contributed by atoms with E-state index in [0.29, 0.717) is 24.9 Å². The number of ether oxygens (including phenoxy) is 1. The molecule has 7 heteroatoms. The molecule has 1 amide bonds. The predicted molar refractivity (Wildman–Crippen MR) is 129 cm³/mol. The highest BCUT2D eigenvalue weighted by Crippen LogP contribution is 2.31. The molecule has 0 spiro atoms. The van der Waals surface area contributed by atoms with Gasteiger partial charge in [0.25, 0.3) is 5.91 Å². The average molecular weight is 465 g/mol. The Morgan fingerprint density at radius 1 is 1.24 bits per heavy atom. The molecule has 1 aromatic heterocycles. The Morgan fingerprint density at radius 3 is 2.94 bits per heavy atom. The molecule has 1 unspecified atom stereocenters. The molecule has 0 bridgehead atoms. The molecule has 1 aliphatic heterocycles. The van der Waals surface area contributed by atoms with E-state index in [9.17, 15) is 4.79 Å². The first-order valence-electron chi connectivity index (χ1n) is 11.6. The third-order valence-corrected chi connectivity index (χ3v) is 6.97. The molecule has 0 saturated carbocycles. The first kappa shape index (κ1) is 22.0. The van der Waals surface area contributed by atoms with Crippen LogP contribution in [0.4, 0.5) is 0 Å². The summed E-state index contributed by atoms with van der Waals surface area (Å²) >= 11 is 6.24. The van der Waals surface area contributed by atoms with Gasteiger partial charge < -0.3 is 10.1 Å². The number of hydrogen-bond acceptors (Lipinski definition) is 4. The van der Waals surface area contributed by atoms with Crippen molar-refractivity contribution in [3.63, 3.8) is 0 Å². The van der Waals surface area contributed by atoms with Gasteiger partial charge in [0, 0.05) is 54.6 Å². The Hall–Kier alpha value is -2.83. The Morgan fingerprint density at radius 2 is 2.09 bits per heavy atom. The van der Waals surface area contributed by atoms with Gasteiger partial charge in [-0.05, 0) is 49.4 Å². The van der Waals surface area contributed by atoms with E-state index in [-0.39, 0.29) is 5.91 Å². The summed E-state index contributed by atoms with van der Waals surface area (Å²) in [6, 6.07) is 16.4. The fraction of sp³-hybridized carbons (Fsp3) is 0.385. The van der Waals surface area contributed by atoms with Crippen molar-refractivity contribution in [1.29, 1.82) is 0 Å². The number of aromatic nitrogens is 2. The molecule has 0 radical (unpaired) electrons. The van der Waals surface area contributed by atoms with Gasteiger partial charge in [-0.3, -0.25) is 14.4 Å². The van der Waals surface area contributed by atoms with E-state index in [1.807, 2.05) is 48.1 Å². The molecule has 2 heterocycles. The lowest BCUT2D eigenvalue weighted by Crippen LogP contribution is -2.40. The molecule has 5 rings (SSSR count). The van der Waals surface area contributed by atoms with Gasteiger partial charge in [-0.2, -0.15) is 5.10 Å². The quantitative estimate of drug-likeness (QED) is 0.624. The van der Waals surface area contributed by atoms with E-state index in [4.69, 9.17) is 16.3 Å². The van der Waals surface area contributed by atoms with Crippen LogP contribution >= 0.6 is 11.6 Å². The van der Waals surface area contributed by atoms with Crippen molar-refractivity contribution in [3.05, 3.63) is 81.6 Å². The van der Waals surface area contributed by atoms with Crippen molar-refractivity contribution in [3.8, 4) is 5.75 Å². The lowest BCUT2D eigenvalue weighted by Gasteiger charge is -2.33. The van der Waals surface area contributed by atoms with E-state index >= 15 is 0 Å². The molecular formula is C26H29ClN4O2. The summed E-state index contributed by atoms with van der Waals surface area (Å²) in [6.45, 7) is 2.90. The second-order valence-electron chi connectivity index (χ2n) is 8.86. The molecule has 2 aromatic carbocycles. The standard InChI is InChI=1S/C26H29ClN4O2/c1-30-23-9-8-21(31-13-14-33-24-10-7-20(27)15-19(24)17-31)16-22(23)25(29-30)26(32)28-12-11-18-5-3-2-4-6-18/h2-7,10,15,21H,8-9,11-14,16-17H2,1H3,(H,28,32). The lowest BCUT2D eigenvalue weighted by molar-refractivity contribution is 0.0946. The monoisotopic (exact) mass is 464 g/mol. The summed E-state index contributed by atoms with van der Waals surface area (Å²) in [7, 11) is 1.94. The fourth-order valence-electron chi connectivity index (χ4n) is 5.01. The van der Waals surface area contributed by atoms with Crippen LogP contribution in [-0.4, -0.2) is 46.3 Å². The van der Waals surface area contributed by atoms with Crippen LogP contribution in [-0.2, 0) is 32.9 Å². The molecule has 1 atom stereocenters. The van der Waals surface area contributed by atoms with Gasteiger partial charge in [0.05, 0.1) is 0 Å². The highest BCUT2D eigenvalue weighted by Gasteiger charge is 2.32. The number of aryl methyl sites for hydroxylation is 1. The molecule has 1 N–H and O–H groups in total. The first-order valence-corrected chi connectivity index (χ1v) is 12.0. The molecule has 6 nitrogen and oxygen atoms in total. The number of hydrogen-bond donors (Lipinski definition) is 1. The van der Waals surface area contributed by atoms with Crippen LogP contribution in [0.5, 0.6) is 5.75 Å². The zero-order valence-corrected chi connectivity index (χ0v) is 19.6. The van der Waals surface area contributed by atoms with Crippen molar-refractivity contribution >= 4 is 17.5 Å². The Kier molecular flexibility index (Phi) is 6.38. The predicted octanol–water partition coefficient (Wildman–Crippen LogP) is 3.80. The summed E-state index contributed by atoms with van der Waals surface area (Å²) in [5.41, 5.74) is 5.16. The van der Waals surface area contributed by atoms with Gasteiger partial charge in [-0.15, -0.1) is 0 Å². The molecule has 172 valence electrons. The minimum absolute atomic E-state index is 0.0836. The molecule has 2 aliphatic rings. The number of fused-ring (bicyclic) bond motifs is 2. The number of nitrogens with one attached hydrogen (secondary N) is 1. The van der Waals surface area contributed by atoms with Crippen molar-refractivity contribution in [2.45, 2.75) is 38.3 Å². The second kappa shape index (κ2) is 9.57. The van der Waals surface area contributed by atoms with Crippen LogP contribution in [0.25, 0.3) is 0 Å². The van der Waals surface area contributed by atoms with Crippen LogP contribution in [0.1, 0.15) is 39.3 Å². The maximum Gasteiger partial charge on any atom is 0.272 e. The second-order valence-corrected chi connectivity index (χ2v) is 9.29. The van der Waals surface area contributed by atoms with E-state index in [2.05, 4.69) is 27.4 Å². The number of nitrogens with zero attached hydrogens (tertiary/aromatic N) is 3. The third-order valence-electron chi connectivity index (χ3n) is 6.73. The molecule has 0 saturated heterocycles. The van der Waals surface area contributed by atoms with Gasteiger partial charge in [-0.1, -0.05) is 41.9 Å². The van der Waals surface area contributed by atoms with Gasteiger partial charge in [-0.25, -0.2) is 0 Å². The van der Waals surface area contributed by atoms with Gasteiger partial charge in [0.2, 0.25) is 0 Å². The minimum Gasteiger partial charge on any atom is -0.492 e. The van der Waals surface area contributed by atoms with E-state index in [1.54, 1.807) is 0 Å². The summed E-state index contributed by atoms with van der Waals surface area (Å²) in [4.78, 5) is 15.5. The van der Waals surface area contributed by atoms with Crippen LogP contribution in [0, 0.1) is 0 Å². The number of rotatable bonds is 5. The number of benzene rings is 2. The van der Waals surface area contributed by atoms with Crippen LogP contribution < -0.4 is 10.1 Å². The molecule has 33 heavy (non-hydrogen) atoms. The third kappa shape index (κ3) is 4.77. The summed E-state index contributed by atoms with van der Waals surface area (Å²) in [6.07, 6.45) is 3.58. The van der Waals surface area contributed by atoms with Crippen molar-refractivity contribution in [1.82, 2.24) is 20.0 Å². The Labute approximate surface area is 199 Å². The minimum atomic E-state index is -0.0836. The maximum absolute atomic E-state index is 13.0. The fourth-order valence-corrected chi connectivity index (χ4v) is 5.20. The summed E-state index contributed by atoms with van der Waals surface area (Å²) < 4.78 is 7.85. The average Bonchev–Trinajstić information content (AvgIpc) is 3.01. The van der Waals surface area contributed by atoms with E-state index in [1.165, 1.54) is 11.3 Å². The Balaban J connectivity index is 1.29. The lowest BCUT2D eigenvalue weighted by atomic mass is 9.90. The topological polar surface area (TPSA) is 59.4 Å². The highest BCUT2D eigenvalue weighted by atomic mass is 35.5. The highest BCUT2D eigenvalue weighted by molar-refractivity contribution is 6.30. The molecular weight excluding hydrogens is 436 g/mol. The van der Waals surface area contributed by atoms with E-state index in [0.717, 1.165) is 60.7 Å². The van der Waals surface area contributed by atoms with Gasteiger partial charge in [0.1, 0.15) is 12.4 Å². The van der Waals surface area contributed by atoms with Crippen LogP contribution in [0.2, 0.25) is 5.02 Å². The zero-order chi connectivity index (χ0) is 22.8. The number of carbonyl (C=O) groups excluding carboxylic acids is 1. The van der Waals surface area contributed by atoms with Gasteiger partial charge >= 0.3 is 0 Å². The number of amides is 1. The maximum atomic E-state index is 13.0. The van der Waals surface area contributed by atoms with Gasteiger partial charge in [0.15, 0.2) is 5.69 Å². The number of carbonyl (C=O) groups is 1. The SMILES string of the molecule is Cn1nc(C(=O)NCCc2ccccc2)c2c1CCC(N1CCOc3ccc(Cl)cc3C1)C2. The molecule has 3 aromatic rings. The van der Waals surface area contributed by atoms with Crippen molar-refractivity contribution in [2.24, 2.45) is 7.05 Å². The zero-order valence-electron chi connectivity index (χ0n) is 18.9. The Bertz CT molecular complexity index is 1140. The van der Waals surface area contributed by atoms with E-state index < -0.39 is 0 Å². The molecule has 0 fully saturated rings. The summed E-state index contributed by atoms with van der Waals surface area (Å²) in [5, 5.41) is 8.41. The smallest absolute Gasteiger partial charge is 0.272 e. The molecule has 1 aliphatic carbocycles.